The van der Waals surface area contributed by atoms with E-state index in [-0.39, 0.29) is 5.75 Å². The molecule has 1 aromatic heterocycles. The van der Waals surface area contributed by atoms with Gasteiger partial charge >= 0.3 is 6.03 Å². The van der Waals surface area contributed by atoms with Crippen LogP contribution in [0.2, 0.25) is 0 Å². The molecule has 0 aliphatic heterocycles. The van der Waals surface area contributed by atoms with Crippen molar-refractivity contribution in [1.82, 2.24) is 15.2 Å². The lowest BCUT2D eigenvalue weighted by atomic mass is 10.1. The minimum Gasteiger partial charge on any atom is -0.360 e. The number of aryl methyl sites for hydroxylation is 1. The molecule has 2 rings (SSSR count). The monoisotopic (exact) mass is 338 g/mol. The normalized spacial score (nSPS) is 11.2. The molecule has 124 valence electrons. The van der Waals surface area contributed by atoms with E-state index in [1.807, 2.05) is 0 Å². The molecule has 23 heavy (non-hydrogen) atoms. The van der Waals surface area contributed by atoms with Crippen LogP contribution in [-0.2, 0) is 22.3 Å². The van der Waals surface area contributed by atoms with Gasteiger partial charge in [0, 0.05) is 12.6 Å². The molecule has 0 bridgehead atoms. The average Bonchev–Trinajstić information content (AvgIpc) is 2.91. The van der Waals surface area contributed by atoms with Crippen molar-refractivity contribution in [2.75, 3.05) is 12.4 Å². The molecule has 3 N–H and O–H groups in total. The van der Waals surface area contributed by atoms with E-state index >= 15 is 0 Å². The smallest absolute Gasteiger partial charge is 0.320 e. The molecule has 8 nitrogen and oxygen atoms in total. The number of hydrogen-bond acceptors (Lipinski definition) is 5. The van der Waals surface area contributed by atoms with Gasteiger partial charge in [-0.15, -0.1) is 0 Å². The Bertz CT molecular complexity index is 768. The van der Waals surface area contributed by atoms with Crippen LogP contribution in [0.5, 0.6) is 0 Å². The maximum atomic E-state index is 11.7. The molecular weight excluding hydrogens is 320 g/mol. The summed E-state index contributed by atoms with van der Waals surface area (Å²) in [7, 11) is -1.91. The molecule has 2 amide bonds. The fraction of sp³-hybridized carbons (Fsp3) is 0.286. The first-order valence-corrected chi connectivity index (χ1v) is 8.50. The lowest BCUT2D eigenvalue weighted by Crippen LogP contribution is -2.28. The average molecular weight is 338 g/mol. The van der Waals surface area contributed by atoms with E-state index in [4.69, 9.17) is 4.52 Å². The molecule has 0 aliphatic rings. The Morgan fingerprint density at radius 3 is 2.43 bits per heavy atom. The van der Waals surface area contributed by atoms with E-state index in [0.29, 0.717) is 23.7 Å². The first kappa shape index (κ1) is 17.0. The Morgan fingerprint density at radius 1 is 1.22 bits per heavy atom. The van der Waals surface area contributed by atoms with Gasteiger partial charge in [-0.1, -0.05) is 29.4 Å². The van der Waals surface area contributed by atoms with Gasteiger partial charge in [-0.25, -0.2) is 17.9 Å². The van der Waals surface area contributed by atoms with Crippen LogP contribution in [-0.4, -0.2) is 26.7 Å². The summed E-state index contributed by atoms with van der Waals surface area (Å²) in [5.41, 5.74) is 1.52. The molecule has 0 saturated heterocycles. The van der Waals surface area contributed by atoms with Gasteiger partial charge in [0.25, 0.3) is 0 Å². The minimum absolute atomic E-state index is 0.0802. The maximum absolute atomic E-state index is 11.7. The van der Waals surface area contributed by atoms with Crippen LogP contribution in [0.3, 0.4) is 0 Å². The van der Waals surface area contributed by atoms with Crippen molar-refractivity contribution >= 4 is 21.9 Å². The van der Waals surface area contributed by atoms with Crippen molar-refractivity contribution in [2.45, 2.75) is 19.2 Å². The quantitative estimate of drug-likeness (QED) is 0.736. The summed E-state index contributed by atoms with van der Waals surface area (Å²) < 4.78 is 30.0. The Morgan fingerprint density at radius 2 is 1.87 bits per heavy atom. The standard InChI is InChI=1S/C14H18N4O4S/c1-10-7-13(18-22-10)17-14(19)16-8-11-3-5-12(6-4-11)9-23(20,21)15-2/h3-7,15H,8-9H2,1-2H3,(H2,16,17,18,19). The topological polar surface area (TPSA) is 113 Å². The summed E-state index contributed by atoms with van der Waals surface area (Å²) >= 11 is 0. The van der Waals surface area contributed by atoms with Gasteiger partial charge in [0.05, 0.1) is 5.75 Å². The van der Waals surface area contributed by atoms with Crippen LogP contribution in [0.1, 0.15) is 16.9 Å². The molecule has 0 spiro atoms. The highest BCUT2D eigenvalue weighted by Crippen LogP contribution is 2.09. The fourth-order valence-electron chi connectivity index (χ4n) is 1.81. The molecule has 0 radical (unpaired) electrons. The van der Waals surface area contributed by atoms with Gasteiger partial charge in [-0.05, 0) is 25.1 Å². The van der Waals surface area contributed by atoms with Gasteiger partial charge in [-0.2, -0.15) is 0 Å². The summed E-state index contributed by atoms with van der Waals surface area (Å²) in [5, 5.41) is 8.87. The zero-order valence-corrected chi connectivity index (χ0v) is 13.6. The van der Waals surface area contributed by atoms with E-state index in [1.54, 1.807) is 37.3 Å². The number of carbonyl (C=O) groups is 1. The third-order valence-corrected chi connectivity index (χ3v) is 4.35. The third kappa shape index (κ3) is 5.38. The van der Waals surface area contributed by atoms with Gasteiger partial charge in [0.1, 0.15) is 5.76 Å². The maximum Gasteiger partial charge on any atom is 0.320 e. The van der Waals surface area contributed by atoms with E-state index in [1.165, 1.54) is 7.05 Å². The predicted octanol–water partition coefficient (Wildman–Crippen LogP) is 1.35. The number of nitrogens with zero attached hydrogens (tertiary/aromatic N) is 1. The van der Waals surface area contributed by atoms with Crippen molar-refractivity contribution in [3.8, 4) is 0 Å². The number of carbonyl (C=O) groups excluding carboxylic acids is 1. The second kappa shape index (κ2) is 7.25. The number of aromatic nitrogens is 1. The van der Waals surface area contributed by atoms with Crippen molar-refractivity contribution in [3.63, 3.8) is 0 Å². The van der Waals surface area contributed by atoms with Gasteiger partial charge in [0.15, 0.2) is 5.82 Å². The fourth-order valence-corrected chi connectivity index (χ4v) is 2.59. The number of nitrogens with one attached hydrogen (secondary N) is 3. The largest absolute Gasteiger partial charge is 0.360 e. The summed E-state index contributed by atoms with van der Waals surface area (Å²) in [6, 6.07) is 8.16. The van der Waals surface area contributed by atoms with Crippen LogP contribution in [0, 0.1) is 6.92 Å². The number of hydrogen-bond donors (Lipinski definition) is 3. The van der Waals surface area contributed by atoms with Crippen LogP contribution >= 0.6 is 0 Å². The van der Waals surface area contributed by atoms with Gasteiger partial charge in [0.2, 0.25) is 10.0 Å². The molecule has 0 fully saturated rings. The highest BCUT2D eigenvalue weighted by molar-refractivity contribution is 7.88. The number of urea groups is 1. The van der Waals surface area contributed by atoms with Crippen LogP contribution in [0.4, 0.5) is 10.6 Å². The van der Waals surface area contributed by atoms with Crippen molar-refractivity contribution in [1.29, 1.82) is 0 Å². The summed E-state index contributed by atoms with van der Waals surface area (Å²) in [6.45, 7) is 2.04. The number of sulfonamides is 1. The number of rotatable bonds is 6. The predicted molar refractivity (Wildman–Crippen MR) is 85.2 cm³/mol. The molecule has 0 unspecified atom stereocenters. The van der Waals surface area contributed by atoms with E-state index in [2.05, 4.69) is 20.5 Å². The number of anilines is 1. The number of benzene rings is 1. The Hall–Kier alpha value is -2.39. The van der Waals surface area contributed by atoms with Crippen molar-refractivity contribution < 1.29 is 17.7 Å². The Kier molecular flexibility index (Phi) is 5.35. The van der Waals surface area contributed by atoms with Gasteiger partial charge < -0.3 is 9.84 Å². The first-order valence-electron chi connectivity index (χ1n) is 6.85. The zero-order chi connectivity index (χ0) is 16.9. The van der Waals surface area contributed by atoms with E-state index in [0.717, 1.165) is 5.56 Å². The molecule has 1 heterocycles. The SMILES string of the molecule is CNS(=O)(=O)Cc1ccc(CNC(=O)Nc2cc(C)on2)cc1. The second-order valence-corrected chi connectivity index (χ2v) is 6.84. The molecule has 0 saturated carbocycles. The lowest BCUT2D eigenvalue weighted by Gasteiger charge is -2.07. The minimum atomic E-state index is -3.29. The summed E-state index contributed by atoms with van der Waals surface area (Å²) in [5.74, 6) is 0.864. The second-order valence-electron chi connectivity index (χ2n) is 4.91. The third-order valence-electron chi connectivity index (χ3n) is 3.01. The summed E-state index contributed by atoms with van der Waals surface area (Å²) in [6.07, 6.45) is 0. The molecule has 0 atom stereocenters. The molecule has 0 aliphatic carbocycles. The van der Waals surface area contributed by atoms with Crippen molar-refractivity contribution in [3.05, 3.63) is 47.2 Å². The highest BCUT2D eigenvalue weighted by Gasteiger charge is 2.09. The van der Waals surface area contributed by atoms with Crippen LogP contribution in [0.25, 0.3) is 0 Å². The van der Waals surface area contributed by atoms with E-state index in [9.17, 15) is 13.2 Å². The molecular formula is C14H18N4O4S. The zero-order valence-electron chi connectivity index (χ0n) is 12.8. The van der Waals surface area contributed by atoms with E-state index < -0.39 is 16.1 Å². The Labute approximate surface area is 134 Å². The molecule has 9 heteroatoms. The van der Waals surface area contributed by atoms with Crippen LogP contribution < -0.4 is 15.4 Å². The Balaban J connectivity index is 1.85. The van der Waals surface area contributed by atoms with Crippen LogP contribution in [0.15, 0.2) is 34.9 Å². The molecule has 2 aromatic rings. The molecule has 1 aromatic carbocycles. The summed E-state index contributed by atoms with van der Waals surface area (Å²) in [4.78, 5) is 11.7. The lowest BCUT2D eigenvalue weighted by molar-refractivity contribution is 0.251. The van der Waals surface area contributed by atoms with Gasteiger partial charge in [-0.3, -0.25) is 5.32 Å². The first-order chi connectivity index (χ1) is 10.9. The number of amides is 2. The van der Waals surface area contributed by atoms with Crippen molar-refractivity contribution in [2.24, 2.45) is 0 Å². The highest BCUT2D eigenvalue weighted by atomic mass is 32.2.